The van der Waals surface area contributed by atoms with Crippen molar-refractivity contribution in [1.82, 2.24) is 9.97 Å². The first-order valence-electron chi connectivity index (χ1n) is 4.89. The Morgan fingerprint density at radius 3 is 2.62 bits per heavy atom. The van der Waals surface area contributed by atoms with Gasteiger partial charge in [-0.1, -0.05) is 13.8 Å². The van der Waals surface area contributed by atoms with Crippen LogP contribution in [0.4, 0.5) is 5.69 Å². The fourth-order valence-corrected chi connectivity index (χ4v) is 1.56. The van der Waals surface area contributed by atoms with Gasteiger partial charge in [-0.05, 0) is 24.1 Å². The van der Waals surface area contributed by atoms with Gasteiger partial charge in [-0.25, -0.2) is 4.98 Å². The Morgan fingerprint density at radius 2 is 2.00 bits per heavy atom. The maximum absolute atomic E-state index is 5.69. The van der Waals surface area contributed by atoms with Crippen molar-refractivity contribution in [3.05, 3.63) is 24.0 Å². The van der Waals surface area contributed by atoms with E-state index in [0.29, 0.717) is 5.92 Å². The highest BCUT2D eigenvalue weighted by molar-refractivity contribution is 5.85. The molecule has 16 heavy (non-hydrogen) atoms. The molecule has 3 nitrogen and oxygen atoms in total. The van der Waals surface area contributed by atoms with Gasteiger partial charge in [0.2, 0.25) is 0 Å². The van der Waals surface area contributed by atoms with Crippen molar-refractivity contribution in [2.45, 2.75) is 20.3 Å². The van der Waals surface area contributed by atoms with Crippen molar-refractivity contribution in [2.75, 3.05) is 5.73 Å². The maximum Gasteiger partial charge on any atom is 0.107 e. The number of H-pyrrole nitrogens is 1. The van der Waals surface area contributed by atoms with Gasteiger partial charge in [-0.2, -0.15) is 0 Å². The number of aromatic amines is 1. The molecule has 0 radical (unpaired) electrons. The van der Waals surface area contributed by atoms with E-state index < -0.39 is 0 Å². The van der Waals surface area contributed by atoms with E-state index in [4.69, 9.17) is 5.73 Å². The zero-order chi connectivity index (χ0) is 10.1. The van der Waals surface area contributed by atoms with Gasteiger partial charge in [0, 0.05) is 12.1 Å². The summed E-state index contributed by atoms with van der Waals surface area (Å²) in [7, 11) is 0. The summed E-state index contributed by atoms with van der Waals surface area (Å²) in [6.45, 7) is 4.36. The van der Waals surface area contributed by atoms with Crippen LogP contribution in [0.5, 0.6) is 0 Å². The van der Waals surface area contributed by atoms with Crippen LogP contribution in [0.15, 0.2) is 18.2 Å². The first-order chi connectivity index (χ1) is 6.65. The monoisotopic (exact) mass is 261 g/mol. The molecular weight excluding hydrogens is 245 g/mol. The minimum absolute atomic E-state index is 0. The van der Waals surface area contributed by atoms with Gasteiger partial charge < -0.3 is 10.7 Å². The number of rotatable bonds is 2. The molecule has 2 rings (SSSR count). The molecule has 2 aromatic rings. The van der Waals surface area contributed by atoms with E-state index in [-0.39, 0.29) is 24.8 Å². The molecule has 1 aromatic carbocycles. The summed E-state index contributed by atoms with van der Waals surface area (Å²) in [6.07, 6.45) is 0.981. The average Bonchev–Trinajstić information content (AvgIpc) is 2.44. The lowest BCUT2D eigenvalue weighted by atomic mass is 10.1. The third-order valence-electron chi connectivity index (χ3n) is 2.16. The van der Waals surface area contributed by atoms with Crippen LogP contribution in [0.25, 0.3) is 11.0 Å². The standard InChI is InChI=1S/C11H15N3.2ClH/c1-7(2)5-11-13-9-4-3-8(12)6-10(9)14-11;;/h3-4,6-7H,5,12H2,1-2H3,(H,13,14);2*1H. The number of hydrogen-bond donors (Lipinski definition) is 2. The number of anilines is 1. The van der Waals surface area contributed by atoms with Crippen molar-refractivity contribution in [3.63, 3.8) is 0 Å². The molecule has 5 heteroatoms. The third-order valence-corrected chi connectivity index (χ3v) is 2.16. The predicted octanol–water partition coefficient (Wildman–Crippen LogP) is 3.19. The maximum atomic E-state index is 5.69. The Morgan fingerprint density at radius 1 is 1.31 bits per heavy atom. The molecule has 0 atom stereocenters. The highest BCUT2D eigenvalue weighted by atomic mass is 35.5. The smallest absolute Gasteiger partial charge is 0.107 e. The van der Waals surface area contributed by atoms with Crippen molar-refractivity contribution >= 4 is 41.5 Å². The lowest BCUT2D eigenvalue weighted by Gasteiger charge is -1.98. The summed E-state index contributed by atoms with van der Waals surface area (Å²) in [5.41, 5.74) is 8.49. The largest absolute Gasteiger partial charge is 0.399 e. The quantitative estimate of drug-likeness (QED) is 0.816. The number of fused-ring (bicyclic) bond motifs is 1. The predicted molar refractivity (Wildman–Crippen MR) is 73.5 cm³/mol. The minimum Gasteiger partial charge on any atom is -0.399 e. The van der Waals surface area contributed by atoms with Crippen LogP contribution in [-0.4, -0.2) is 9.97 Å². The van der Waals surface area contributed by atoms with E-state index in [9.17, 15) is 0 Å². The minimum atomic E-state index is 0. The Kier molecular flexibility index (Phi) is 5.62. The topological polar surface area (TPSA) is 54.7 Å². The number of benzene rings is 1. The van der Waals surface area contributed by atoms with E-state index in [2.05, 4.69) is 23.8 Å². The fraction of sp³-hybridized carbons (Fsp3) is 0.364. The molecule has 0 amide bonds. The van der Waals surface area contributed by atoms with Crippen molar-refractivity contribution < 1.29 is 0 Å². The lowest BCUT2D eigenvalue weighted by molar-refractivity contribution is 0.627. The van der Waals surface area contributed by atoms with Gasteiger partial charge in [0.15, 0.2) is 0 Å². The Balaban J connectivity index is 0.00000112. The number of imidazole rings is 1. The highest BCUT2D eigenvalue weighted by Crippen LogP contribution is 2.16. The Bertz CT molecular complexity index is 451. The van der Waals surface area contributed by atoms with Gasteiger partial charge in [0.1, 0.15) is 5.82 Å². The van der Waals surface area contributed by atoms with Crippen LogP contribution in [0.2, 0.25) is 0 Å². The third kappa shape index (κ3) is 3.29. The van der Waals surface area contributed by atoms with Crippen LogP contribution < -0.4 is 5.73 Å². The van der Waals surface area contributed by atoms with E-state index in [0.717, 1.165) is 29.0 Å². The lowest BCUT2D eigenvalue weighted by Crippen LogP contribution is -1.95. The Labute approximate surface area is 108 Å². The summed E-state index contributed by atoms with van der Waals surface area (Å²) >= 11 is 0. The molecule has 0 aliphatic heterocycles. The van der Waals surface area contributed by atoms with Gasteiger partial charge in [-0.15, -0.1) is 24.8 Å². The molecule has 0 aliphatic carbocycles. The SMILES string of the molecule is CC(C)Cc1nc2ccc(N)cc2[nH]1.Cl.Cl. The van der Waals surface area contributed by atoms with Crippen molar-refractivity contribution in [3.8, 4) is 0 Å². The highest BCUT2D eigenvalue weighted by Gasteiger charge is 2.04. The van der Waals surface area contributed by atoms with Gasteiger partial charge in [0.25, 0.3) is 0 Å². The number of nitrogens with zero attached hydrogens (tertiary/aromatic N) is 1. The second-order valence-electron chi connectivity index (χ2n) is 4.06. The molecule has 3 N–H and O–H groups in total. The fourth-order valence-electron chi connectivity index (χ4n) is 1.56. The van der Waals surface area contributed by atoms with Crippen LogP contribution >= 0.6 is 24.8 Å². The number of aromatic nitrogens is 2. The summed E-state index contributed by atoms with van der Waals surface area (Å²) in [5.74, 6) is 1.66. The zero-order valence-electron chi connectivity index (χ0n) is 9.36. The van der Waals surface area contributed by atoms with Gasteiger partial charge >= 0.3 is 0 Å². The number of nitrogen functional groups attached to an aromatic ring is 1. The van der Waals surface area contributed by atoms with E-state index in [1.54, 1.807) is 0 Å². The number of hydrogen-bond acceptors (Lipinski definition) is 2. The van der Waals surface area contributed by atoms with Crippen LogP contribution in [-0.2, 0) is 6.42 Å². The molecule has 90 valence electrons. The molecular formula is C11H17Cl2N3. The van der Waals surface area contributed by atoms with Crippen LogP contribution in [0.3, 0.4) is 0 Å². The van der Waals surface area contributed by atoms with Crippen LogP contribution in [0, 0.1) is 5.92 Å². The zero-order valence-corrected chi connectivity index (χ0v) is 11.0. The van der Waals surface area contributed by atoms with E-state index in [1.165, 1.54) is 0 Å². The second-order valence-corrected chi connectivity index (χ2v) is 4.06. The molecule has 1 aromatic heterocycles. The van der Waals surface area contributed by atoms with Gasteiger partial charge in [-0.3, -0.25) is 0 Å². The summed E-state index contributed by atoms with van der Waals surface area (Å²) in [4.78, 5) is 7.76. The number of halogens is 2. The molecule has 0 fully saturated rings. The number of nitrogens with two attached hydrogens (primary N) is 1. The molecule has 0 spiro atoms. The van der Waals surface area contributed by atoms with E-state index >= 15 is 0 Å². The van der Waals surface area contributed by atoms with Crippen LogP contribution in [0.1, 0.15) is 19.7 Å². The number of nitrogens with one attached hydrogen (secondary N) is 1. The molecule has 0 saturated heterocycles. The first-order valence-corrected chi connectivity index (χ1v) is 4.89. The summed E-state index contributed by atoms with van der Waals surface area (Å²) < 4.78 is 0. The average molecular weight is 262 g/mol. The van der Waals surface area contributed by atoms with Crippen molar-refractivity contribution in [1.29, 1.82) is 0 Å². The van der Waals surface area contributed by atoms with Gasteiger partial charge in [0.05, 0.1) is 11.0 Å². The first kappa shape index (κ1) is 15.1. The van der Waals surface area contributed by atoms with Crippen molar-refractivity contribution in [2.24, 2.45) is 5.92 Å². The second kappa shape index (κ2) is 5.97. The van der Waals surface area contributed by atoms with E-state index in [1.807, 2.05) is 18.2 Å². The normalized spacial score (nSPS) is 9.94. The summed E-state index contributed by atoms with van der Waals surface area (Å²) in [5, 5.41) is 0. The molecule has 0 bridgehead atoms. The molecule has 0 aliphatic rings. The molecule has 1 heterocycles. The Hall–Kier alpha value is -0.930. The molecule has 0 unspecified atom stereocenters. The molecule has 0 saturated carbocycles. The summed E-state index contributed by atoms with van der Waals surface area (Å²) in [6, 6.07) is 5.75.